The van der Waals surface area contributed by atoms with E-state index in [9.17, 15) is 4.79 Å². The van der Waals surface area contributed by atoms with Crippen LogP contribution in [-0.2, 0) is 11.2 Å². The van der Waals surface area contributed by atoms with Gasteiger partial charge in [0.1, 0.15) is 0 Å². The molecule has 1 aromatic heterocycles. The van der Waals surface area contributed by atoms with Crippen molar-refractivity contribution in [1.82, 2.24) is 9.78 Å². The zero-order valence-electron chi connectivity index (χ0n) is 13.2. The van der Waals surface area contributed by atoms with E-state index in [0.717, 1.165) is 23.2 Å². The van der Waals surface area contributed by atoms with Gasteiger partial charge in [-0.25, -0.2) is 4.79 Å². The van der Waals surface area contributed by atoms with Crippen molar-refractivity contribution in [2.75, 3.05) is 0 Å². The SMILES string of the molecule is CCc1nn(C2CCCC2)c2cc(C=C(C)C(=O)O)ccc12. The topological polar surface area (TPSA) is 55.1 Å². The van der Waals surface area contributed by atoms with Crippen molar-refractivity contribution < 1.29 is 9.90 Å². The number of carbonyl (C=O) groups is 1. The van der Waals surface area contributed by atoms with E-state index in [1.54, 1.807) is 13.0 Å². The molecule has 0 spiro atoms. The van der Waals surface area contributed by atoms with Gasteiger partial charge >= 0.3 is 5.97 Å². The molecule has 0 aliphatic heterocycles. The number of fused-ring (bicyclic) bond motifs is 1. The monoisotopic (exact) mass is 298 g/mol. The molecular weight excluding hydrogens is 276 g/mol. The summed E-state index contributed by atoms with van der Waals surface area (Å²) in [5.41, 5.74) is 3.54. The molecular formula is C18H22N2O2. The second kappa shape index (κ2) is 5.95. The first kappa shape index (κ1) is 14.8. The van der Waals surface area contributed by atoms with Crippen molar-refractivity contribution in [2.24, 2.45) is 0 Å². The van der Waals surface area contributed by atoms with Crippen molar-refractivity contribution >= 4 is 22.9 Å². The summed E-state index contributed by atoms with van der Waals surface area (Å²) in [5.74, 6) is -0.876. The van der Waals surface area contributed by atoms with Gasteiger partial charge in [-0.2, -0.15) is 5.10 Å². The summed E-state index contributed by atoms with van der Waals surface area (Å²) in [6, 6.07) is 6.62. The number of aromatic nitrogens is 2. The highest BCUT2D eigenvalue weighted by Gasteiger charge is 2.21. The third-order valence-corrected chi connectivity index (χ3v) is 4.53. The second-order valence-corrected chi connectivity index (χ2v) is 6.09. The third-order valence-electron chi connectivity index (χ3n) is 4.53. The molecule has 0 amide bonds. The first-order valence-corrected chi connectivity index (χ1v) is 8.03. The minimum absolute atomic E-state index is 0.349. The van der Waals surface area contributed by atoms with Crippen LogP contribution in [0.15, 0.2) is 23.8 Å². The molecule has 3 rings (SSSR count). The second-order valence-electron chi connectivity index (χ2n) is 6.09. The Bertz CT molecular complexity index is 737. The summed E-state index contributed by atoms with van der Waals surface area (Å²) < 4.78 is 2.18. The zero-order chi connectivity index (χ0) is 15.7. The standard InChI is InChI=1S/C18H22N2O2/c1-3-16-15-9-8-13(10-12(2)18(21)22)11-17(15)20(19-16)14-6-4-5-7-14/h8-11,14H,3-7H2,1-2H3,(H,21,22). The predicted molar refractivity (Wildman–Crippen MR) is 87.9 cm³/mol. The van der Waals surface area contributed by atoms with Crippen LogP contribution in [0, 0.1) is 0 Å². The van der Waals surface area contributed by atoms with Crippen LogP contribution in [0.5, 0.6) is 0 Å². The lowest BCUT2D eigenvalue weighted by atomic mass is 10.1. The van der Waals surface area contributed by atoms with Crippen LogP contribution in [0.4, 0.5) is 0 Å². The lowest BCUT2D eigenvalue weighted by Crippen LogP contribution is -2.06. The molecule has 4 heteroatoms. The molecule has 1 aliphatic rings. The van der Waals surface area contributed by atoms with E-state index in [-0.39, 0.29) is 0 Å². The number of rotatable bonds is 4. The van der Waals surface area contributed by atoms with Crippen LogP contribution < -0.4 is 0 Å². The van der Waals surface area contributed by atoms with Crippen molar-refractivity contribution in [3.8, 4) is 0 Å². The Morgan fingerprint density at radius 3 is 2.77 bits per heavy atom. The summed E-state index contributed by atoms with van der Waals surface area (Å²) in [5, 5.41) is 15.1. The average Bonchev–Trinajstić information content (AvgIpc) is 3.13. The molecule has 2 aromatic rings. The van der Waals surface area contributed by atoms with Crippen molar-refractivity contribution in [2.45, 2.75) is 52.0 Å². The van der Waals surface area contributed by atoms with Gasteiger partial charge in [0, 0.05) is 11.0 Å². The number of aryl methyl sites for hydroxylation is 1. The zero-order valence-corrected chi connectivity index (χ0v) is 13.2. The van der Waals surface area contributed by atoms with Crippen LogP contribution >= 0.6 is 0 Å². The molecule has 0 atom stereocenters. The molecule has 22 heavy (non-hydrogen) atoms. The van der Waals surface area contributed by atoms with Crippen molar-refractivity contribution in [3.05, 3.63) is 35.0 Å². The van der Waals surface area contributed by atoms with Crippen LogP contribution in [0.2, 0.25) is 0 Å². The Kier molecular flexibility index (Phi) is 4.01. The smallest absolute Gasteiger partial charge is 0.331 e. The molecule has 0 bridgehead atoms. The summed E-state index contributed by atoms with van der Waals surface area (Å²) in [6.07, 6.45) is 7.55. The first-order valence-electron chi connectivity index (χ1n) is 8.03. The summed E-state index contributed by atoms with van der Waals surface area (Å²) >= 11 is 0. The third kappa shape index (κ3) is 2.65. The van der Waals surface area contributed by atoms with Crippen LogP contribution in [0.1, 0.15) is 56.8 Å². The first-order chi connectivity index (χ1) is 10.6. The largest absolute Gasteiger partial charge is 0.478 e. The molecule has 0 unspecified atom stereocenters. The van der Waals surface area contributed by atoms with E-state index in [0.29, 0.717) is 11.6 Å². The highest BCUT2D eigenvalue weighted by molar-refractivity contribution is 5.92. The van der Waals surface area contributed by atoms with E-state index in [4.69, 9.17) is 10.2 Å². The fourth-order valence-electron chi connectivity index (χ4n) is 3.31. The van der Waals surface area contributed by atoms with Gasteiger partial charge in [-0.3, -0.25) is 4.68 Å². The van der Waals surface area contributed by atoms with E-state index in [1.807, 2.05) is 6.07 Å². The average molecular weight is 298 g/mol. The van der Waals surface area contributed by atoms with Gasteiger partial charge in [0.25, 0.3) is 0 Å². The minimum Gasteiger partial charge on any atom is -0.478 e. The van der Waals surface area contributed by atoms with E-state index in [1.165, 1.54) is 31.1 Å². The molecule has 0 radical (unpaired) electrons. The van der Waals surface area contributed by atoms with Gasteiger partial charge in [-0.15, -0.1) is 0 Å². The molecule has 1 saturated carbocycles. The molecule has 1 aliphatic carbocycles. The fraction of sp³-hybridized carbons (Fsp3) is 0.444. The van der Waals surface area contributed by atoms with Crippen molar-refractivity contribution in [1.29, 1.82) is 0 Å². The molecule has 4 nitrogen and oxygen atoms in total. The van der Waals surface area contributed by atoms with Crippen LogP contribution in [-0.4, -0.2) is 20.9 Å². The Balaban J connectivity index is 2.10. The maximum atomic E-state index is 11.0. The van der Waals surface area contributed by atoms with E-state index < -0.39 is 5.97 Å². The molecule has 116 valence electrons. The van der Waals surface area contributed by atoms with Gasteiger partial charge in [0.2, 0.25) is 0 Å². The quantitative estimate of drug-likeness (QED) is 0.861. The summed E-state index contributed by atoms with van der Waals surface area (Å²) in [4.78, 5) is 11.0. The van der Waals surface area contributed by atoms with Gasteiger partial charge in [-0.05, 0) is 43.9 Å². The lowest BCUT2D eigenvalue weighted by molar-refractivity contribution is -0.132. The Hall–Kier alpha value is -2.10. The molecule has 1 fully saturated rings. The number of carboxylic acid groups (broad SMARTS) is 1. The highest BCUT2D eigenvalue weighted by atomic mass is 16.4. The molecule has 1 aromatic carbocycles. The maximum Gasteiger partial charge on any atom is 0.331 e. The Morgan fingerprint density at radius 2 is 2.14 bits per heavy atom. The van der Waals surface area contributed by atoms with Gasteiger partial charge in [0.15, 0.2) is 0 Å². The van der Waals surface area contributed by atoms with E-state index in [2.05, 4.69) is 23.7 Å². The fourth-order valence-corrected chi connectivity index (χ4v) is 3.31. The number of aliphatic carboxylic acids is 1. The van der Waals surface area contributed by atoms with Gasteiger partial charge in [0.05, 0.1) is 17.3 Å². The molecule has 0 saturated heterocycles. The summed E-state index contributed by atoms with van der Waals surface area (Å²) in [7, 11) is 0. The Morgan fingerprint density at radius 1 is 1.41 bits per heavy atom. The molecule has 1 N–H and O–H groups in total. The maximum absolute atomic E-state index is 11.0. The number of nitrogens with zero attached hydrogens (tertiary/aromatic N) is 2. The van der Waals surface area contributed by atoms with Gasteiger partial charge < -0.3 is 5.11 Å². The van der Waals surface area contributed by atoms with Crippen molar-refractivity contribution in [3.63, 3.8) is 0 Å². The normalized spacial score (nSPS) is 16.5. The number of hydrogen-bond acceptors (Lipinski definition) is 2. The number of hydrogen-bond donors (Lipinski definition) is 1. The highest BCUT2D eigenvalue weighted by Crippen LogP contribution is 2.33. The predicted octanol–water partition coefficient (Wildman–Crippen LogP) is 4.20. The molecule has 1 heterocycles. The lowest BCUT2D eigenvalue weighted by Gasteiger charge is -2.11. The van der Waals surface area contributed by atoms with Gasteiger partial charge in [-0.1, -0.05) is 31.9 Å². The number of carboxylic acids is 1. The Labute approximate surface area is 130 Å². The summed E-state index contributed by atoms with van der Waals surface area (Å²) in [6.45, 7) is 3.75. The minimum atomic E-state index is -0.876. The van der Waals surface area contributed by atoms with Crippen LogP contribution in [0.3, 0.4) is 0 Å². The van der Waals surface area contributed by atoms with Crippen LogP contribution in [0.25, 0.3) is 17.0 Å². The van der Waals surface area contributed by atoms with E-state index >= 15 is 0 Å². The number of benzene rings is 1.